The van der Waals surface area contributed by atoms with Gasteiger partial charge < -0.3 is 4.90 Å². The number of carbonyl (C=O) groups excluding carboxylic acids is 1. The van der Waals surface area contributed by atoms with E-state index >= 15 is 0 Å². The van der Waals surface area contributed by atoms with Crippen LogP contribution in [0, 0.1) is 0 Å². The van der Waals surface area contributed by atoms with Gasteiger partial charge in [-0.3, -0.25) is 4.79 Å². The summed E-state index contributed by atoms with van der Waals surface area (Å²) >= 11 is 8.92. The van der Waals surface area contributed by atoms with Gasteiger partial charge in [0.2, 0.25) is 11.0 Å². The number of alkyl halides is 1. The highest BCUT2D eigenvalue weighted by molar-refractivity contribution is 7.99. The van der Waals surface area contributed by atoms with E-state index in [1.807, 2.05) is 11.4 Å². The minimum absolute atomic E-state index is 0.199. The number of thiazole rings is 1. The predicted octanol–water partition coefficient (Wildman–Crippen LogP) is 5.89. The van der Waals surface area contributed by atoms with Crippen LogP contribution in [0.4, 0.5) is 16.5 Å². The second-order valence-corrected chi connectivity index (χ2v) is 8.56. The lowest BCUT2D eigenvalue weighted by Crippen LogP contribution is -2.22. The van der Waals surface area contributed by atoms with Crippen molar-refractivity contribution >= 4 is 63.3 Å². The van der Waals surface area contributed by atoms with Crippen molar-refractivity contribution in [1.82, 2.24) is 4.98 Å². The van der Waals surface area contributed by atoms with Crippen LogP contribution in [-0.4, -0.2) is 23.7 Å². The number of halogens is 1. The third-order valence-corrected chi connectivity index (χ3v) is 6.70. The molecular weight excluding hydrogens is 424 g/mol. The number of benzene rings is 2. The summed E-state index contributed by atoms with van der Waals surface area (Å²) in [5.74, 6) is 0.110. The summed E-state index contributed by atoms with van der Waals surface area (Å²) in [5, 5.41) is 8.04. The van der Waals surface area contributed by atoms with Gasteiger partial charge in [-0.1, -0.05) is 30.0 Å². The number of hydrogen-bond donors (Lipinski definition) is 0. The number of amides is 1. The number of hydrogen-bond acceptors (Lipinski definition) is 6. The van der Waals surface area contributed by atoms with Crippen LogP contribution in [0.15, 0.2) is 62.7 Å². The first kappa shape index (κ1) is 19.9. The lowest BCUT2D eigenvalue weighted by molar-refractivity contribution is -0.116. The molecule has 1 aliphatic heterocycles. The summed E-state index contributed by atoms with van der Waals surface area (Å²) in [6.07, 6.45) is 1.70. The zero-order valence-electron chi connectivity index (χ0n) is 16.0. The minimum Gasteiger partial charge on any atom is -0.340 e. The van der Waals surface area contributed by atoms with Crippen molar-refractivity contribution in [3.8, 4) is 0 Å². The van der Waals surface area contributed by atoms with Gasteiger partial charge in [0.15, 0.2) is 0 Å². The van der Waals surface area contributed by atoms with E-state index in [2.05, 4.69) is 58.3 Å². The summed E-state index contributed by atoms with van der Waals surface area (Å²) < 4.78 is 0. The maximum atomic E-state index is 12.1. The van der Waals surface area contributed by atoms with E-state index in [0.717, 1.165) is 17.8 Å². The van der Waals surface area contributed by atoms with Gasteiger partial charge in [0.05, 0.1) is 29.2 Å². The van der Waals surface area contributed by atoms with Crippen LogP contribution in [0.3, 0.4) is 0 Å². The number of aromatic nitrogens is 1. The third-order valence-electron chi connectivity index (χ3n) is 4.45. The lowest BCUT2D eigenvalue weighted by atomic mass is 10.1. The Labute approximate surface area is 183 Å². The quantitative estimate of drug-likeness (QED) is 0.281. The molecule has 1 aromatic heterocycles. The first-order valence-electron chi connectivity index (χ1n) is 9.14. The molecule has 0 fully saturated rings. The zero-order valence-corrected chi connectivity index (χ0v) is 18.4. The third kappa shape index (κ3) is 4.03. The number of carbonyl (C=O) groups is 1. The van der Waals surface area contributed by atoms with Gasteiger partial charge in [0, 0.05) is 28.6 Å². The summed E-state index contributed by atoms with van der Waals surface area (Å²) in [6, 6.07) is 14.6. The highest BCUT2D eigenvalue weighted by Crippen LogP contribution is 2.47. The van der Waals surface area contributed by atoms with Crippen LogP contribution in [0.25, 0.3) is 0 Å². The molecule has 0 N–H and O–H groups in total. The highest BCUT2D eigenvalue weighted by Gasteiger charge is 2.22. The van der Waals surface area contributed by atoms with E-state index in [1.165, 1.54) is 44.4 Å². The highest BCUT2D eigenvalue weighted by atomic mass is 35.5. The van der Waals surface area contributed by atoms with Crippen LogP contribution in [0.1, 0.15) is 25.1 Å². The SMILES string of the molecule is CCN1c2ccccc2Sc2cc(/C=N/N(C(C)=O)c3nc(CCl)cs3)ccc21. The van der Waals surface area contributed by atoms with Gasteiger partial charge in [-0.15, -0.1) is 22.9 Å². The van der Waals surface area contributed by atoms with Crippen molar-refractivity contribution in [2.24, 2.45) is 5.10 Å². The molecule has 2 heterocycles. The second-order valence-electron chi connectivity index (χ2n) is 6.37. The van der Waals surface area contributed by atoms with Crippen molar-refractivity contribution < 1.29 is 4.79 Å². The molecule has 0 saturated carbocycles. The Morgan fingerprint density at radius 3 is 2.76 bits per heavy atom. The van der Waals surface area contributed by atoms with Crippen LogP contribution < -0.4 is 9.91 Å². The maximum Gasteiger partial charge on any atom is 0.246 e. The number of rotatable bonds is 5. The van der Waals surface area contributed by atoms with E-state index in [1.54, 1.807) is 18.0 Å². The Kier molecular flexibility index (Phi) is 5.89. The Bertz CT molecular complexity index is 1080. The molecule has 2 aromatic carbocycles. The van der Waals surface area contributed by atoms with E-state index in [-0.39, 0.29) is 5.91 Å². The van der Waals surface area contributed by atoms with Crippen LogP contribution in [0.5, 0.6) is 0 Å². The molecule has 4 rings (SSSR count). The van der Waals surface area contributed by atoms with Crippen molar-refractivity contribution in [3.05, 3.63) is 59.1 Å². The number of fused-ring (bicyclic) bond motifs is 2. The molecule has 0 unspecified atom stereocenters. The zero-order chi connectivity index (χ0) is 20.4. The Morgan fingerprint density at radius 1 is 1.24 bits per heavy atom. The van der Waals surface area contributed by atoms with E-state index in [9.17, 15) is 4.79 Å². The van der Waals surface area contributed by atoms with Gasteiger partial charge in [0.25, 0.3) is 0 Å². The van der Waals surface area contributed by atoms with Crippen molar-refractivity contribution in [1.29, 1.82) is 0 Å². The van der Waals surface area contributed by atoms with Gasteiger partial charge in [-0.25, -0.2) is 4.98 Å². The Morgan fingerprint density at radius 2 is 2.03 bits per heavy atom. The first-order chi connectivity index (χ1) is 14.1. The molecule has 0 spiro atoms. The van der Waals surface area contributed by atoms with E-state index in [4.69, 9.17) is 11.6 Å². The van der Waals surface area contributed by atoms with Gasteiger partial charge in [-0.2, -0.15) is 10.1 Å². The second kappa shape index (κ2) is 8.57. The average Bonchev–Trinajstić information content (AvgIpc) is 3.20. The molecule has 1 amide bonds. The average molecular weight is 443 g/mol. The van der Waals surface area contributed by atoms with Crippen LogP contribution in [0.2, 0.25) is 0 Å². The van der Waals surface area contributed by atoms with Crippen molar-refractivity contribution in [2.45, 2.75) is 29.5 Å². The van der Waals surface area contributed by atoms with E-state index in [0.29, 0.717) is 11.0 Å². The molecule has 5 nitrogen and oxygen atoms in total. The summed E-state index contributed by atoms with van der Waals surface area (Å²) in [7, 11) is 0. The summed E-state index contributed by atoms with van der Waals surface area (Å²) in [5.41, 5.74) is 4.07. The Balaban J connectivity index is 1.63. The fourth-order valence-electron chi connectivity index (χ4n) is 3.12. The molecule has 0 aliphatic carbocycles. The fraction of sp³-hybridized carbons (Fsp3) is 0.190. The fourth-order valence-corrected chi connectivity index (χ4v) is 5.31. The van der Waals surface area contributed by atoms with Gasteiger partial charge in [-0.05, 0) is 36.8 Å². The normalized spacial score (nSPS) is 12.7. The molecule has 3 aromatic rings. The van der Waals surface area contributed by atoms with Crippen LogP contribution >= 0.6 is 34.7 Å². The lowest BCUT2D eigenvalue weighted by Gasteiger charge is -2.32. The summed E-state index contributed by atoms with van der Waals surface area (Å²) in [4.78, 5) is 21.1. The molecule has 8 heteroatoms. The van der Waals surface area contributed by atoms with Crippen LogP contribution in [-0.2, 0) is 10.7 Å². The maximum absolute atomic E-state index is 12.1. The molecule has 0 atom stereocenters. The molecule has 0 radical (unpaired) electrons. The summed E-state index contributed by atoms with van der Waals surface area (Å²) in [6.45, 7) is 4.51. The molecule has 1 aliphatic rings. The minimum atomic E-state index is -0.199. The molecule has 0 bridgehead atoms. The molecule has 29 heavy (non-hydrogen) atoms. The van der Waals surface area contributed by atoms with Crippen molar-refractivity contribution in [3.63, 3.8) is 0 Å². The molecule has 0 saturated heterocycles. The first-order valence-corrected chi connectivity index (χ1v) is 11.4. The topological polar surface area (TPSA) is 48.8 Å². The number of hydrazone groups is 1. The monoisotopic (exact) mass is 442 g/mol. The van der Waals surface area contributed by atoms with Crippen molar-refractivity contribution in [2.75, 3.05) is 16.5 Å². The Hall–Kier alpha value is -2.35. The number of anilines is 3. The number of para-hydroxylation sites is 1. The molecule has 148 valence electrons. The largest absolute Gasteiger partial charge is 0.340 e. The van der Waals surface area contributed by atoms with Gasteiger partial charge in [0.1, 0.15) is 0 Å². The van der Waals surface area contributed by atoms with Gasteiger partial charge >= 0.3 is 0 Å². The van der Waals surface area contributed by atoms with E-state index < -0.39 is 0 Å². The predicted molar refractivity (Wildman–Crippen MR) is 122 cm³/mol. The standard InChI is InChI=1S/C21H19ClN4OS2/c1-3-25-17-6-4-5-7-19(17)29-20-10-15(8-9-18(20)25)12-23-26(14(2)27)21-24-16(11-22)13-28-21/h4-10,12-13H,3,11H2,1-2H3/b23-12+. The molecular formula is C21H19ClN4OS2. The smallest absolute Gasteiger partial charge is 0.246 e. The number of nitrogens with zero attached hydrogens (tertiary/aromatic N) is 4.